The summed E-state index contributed by atoms with van der Waals surface area (Å²) in [7, 11) is -1.91. The van der Waals surface area contributed by atoms with E-state index >= 15 is 0 Å². The fourth-order valence-corrected chi connectivity index (χ4v) is 6.46. The lowest BCUT2D eigenvalue weighted by molar-refractivity contribution is -0.139. The van der Waals surface area contributed by atoms with Crippen molar-refractivity contribution in [3.05, 3.63) is 11.9 Å². The number of aromatic nitrogens is 2. The van der Waals surface area contributed by atoms with Crippen LogP contribution < -0.4 is 0 Å². The van der Waals surface area contributed by atoms with Crippen molar-refractivity contribution in [2.75, 3.05) is 32.8 Å². The van der Waals surface area contributed by atoms with E-state index in [4.69, 9.17) is 4.74 Å². The molecule has 28 heavy (non-hydrogen) atoms. The number of rotatable bonds is 3. The largest absolute Gasteiger partial charge is 0.379 e. The van der Waals surface area contributed by atoms with Gasteiger partial charge in [-0.05, 0) is 19.8 Å². The van der Waals surface area contributed by atoms with Crippen LogP contribution in [0.1, 0.15) is 37.8 Å². The number of hydrogen-bond donors (Lipinski definition) is 0. The first kappa shape index (κ1) is 19.8. The van der Waals surface area contributed by atoms with Crippen molar-refractivity contribution < 1.29 is 17.9 Å². The average Bonchev–Trinajstić information content (AvgIpc) is 2.85. The first-order valence-corrected chi connectivity index (χ1v) is 11.7. The lowest BCUT2D eigenvalue weighted by Crippen LogP contribution is -2.49. The fourth-order valence-electron chi connectivity index (χ4n) is 4.72. The summed E-state index contributed by atoms with van der Waals surface area (Å²) in [6, 6.07) is -0.228. The predicted octanol–water partition coefficient (Wildman–Crippen LogP) is 1.16. The highest BCUT2D eigenvalue weighted by Gasteiger charge is 2.42. The number of amides is 1. The van der Waals surface area contributed by atoms with E-state index in [0.717, 1.165) is 25.7 Å². The van der Waals surface area contributed by atoms with E-state index < -0.39 is 10.0 Å². The molecule has 9 heteroatoms. The molecule has 3 heterocycles. The Labute approximate surface area is 166 Å². The van der Waals surface area contributed by atoms with Gasteiger partial charge in [0.05, 0.1) is 31.1 Å². The highest BCUT2D eigenvalue weighted by molar-refractivity contribution is 7.89. The summed E-state index contributed by atoms with van der Waals surface area (Å²) in [5.74, 6) is 0.266. The summed E-state index contributed by atoms with van der Waals surface area (Å²) < 4.78 is 35.5. The number of carbonyl (C=O) groups excluding carboxylic acids is 1. The summed E-state index contributed by atoms with van der Waals surface area (Å²) in [4.78, 5) is 15.4. The molecule has 4 rings (SSSR count). The number of hydrogen-bond acceptors (Lipinski definition) is 5. The van der Waals surface area contributed by atoms with Crippen LogP contribution in [0.5, 0.6) is 0 Å². The van der Waals surface area contributed by atoms with Crippen molar-refractivity contribution >= 4 is 15.9 Å². The Kier molecular flexibility index (Phi) is 5.50. The van der Waals surface area contributed by atoms with Gasteiger partial charge in [0.2, 0.25) is 15.9 Å². The molecule has 1 amide bonds. The minimum Gasteiger partial charge on any atom is -0.379 e. The normalized spacial score (nSPS) is 27.6. The summed E-state index contributed by atoms with van der Waals surface area (Å²) in [6.45, 7) is 3.89. The molecule has 2 atom stereocenters. The maximum Gasteiger partial charge on any atom is 0.246 e. The fraction of sp³-hybridized carbons (Fsp3) is 0.789. The lowest BCUT2D eigenvalue weighted by Gasteiger charge is -2.34. The first-order valence-electron chi connectivity index (χ1n) is 10.2. The van der Waals surface area contributed by atoms with Gasteiger partial charge in [-0.3, -0.25) is 9.48 Å². The molecule has 0 N–H and O–H groups in total. The minimum atomic E-state index is -3.65. The molecular formula is C19H30N4O4S. The smallest absolute Gasteiger partial charge is 0.246 e. The van der Waals surface area contributed by atoms with Crippen LogP contribution in [0.4, 0.5) is 0 Å². The van der Waals surface area contributed by atoms with Crippen molar-refractivity contribution in [3.63, 3.8) is 0 Å². The van der Waals surface area contributed by atoms with Crippen LogP contribution in [-0.2, 0) is 26.6 Å². The quantitative estimate of drug-likeness (QED) is 0.747. The number of sulfonamides is 1. The predicted molar refractivity (Wildman–Crippen MR) is 103 cm³/mol. The average molecular weight is 411 g/mol. The molecule has 1 aliphatic carbocycles. The second-order valence-corrected chi connectivity index (χ2v) is 10.3. The van der Waals surface area contributed by atoms with Crippen LogP contribution in [0.15, 0.2) is 11.1 Å². The van der Waals surface area contributed by atoms with Crippen LogP contribution >= 0.6 is 0 Å². The molecule has 0 aromatic carbocycles. The monoisotopic (exact) mass is 410 g/mol. The highest BCUT2D eigenvalue weighted by Crippen LogP contribution is 2.30. The molecular weight excluding hydrogens is 380 g/mol. The van der Waals surface area contributed by atoms with Crippen molar-refractivity contribution in [1.82, 2.24) is 19.0 Å². The van der Waals surface area contributed by atoms with E-state index in [1.807, 2.05) is 4.90 Å². The van der Waals surface area contributed by atoms with Gasteiger partial charge in [-0.1, -0.05) is 19.3 Å². The van der Waals surface area contributed by atoms with Crippen LogP contribution in [-0.4, -0.2) is 72.2 Å². The number of fused-ring (bicyclic) bond motifs is 3. The zero-order chi connectivity index (χ0) is 19.9. The van der Waals surface area contributed by atoms with Gasteiger partial charge in [0.1, 0.15) is 4.90 Å². The third-order valence-corrected chi connectivity index (χ3v) is 8.42. The van der Waals surface area contributed by atoms with Crippen molar-refractivity contribution in [2.45, 2.75) is 50.0 Å². The SMILES string of the molecule is Cc1c(S(=O)(=O)N2C[C@@H]3COC[C@H](C2)N(C(=O)C2CCCCC2)C3)cnn1C. The van der Waals surface area contributed by atoms with Gasteiger partial charge in [-0.15, -0.1) is 0 Å². The van der Waals surface area contributed by atoms with Gasteiger partial charge in [0.15, 0.2) is 0 Å². The third-order valence-electron chi connectivity index (χ3n) is 6.48. The van der Waals surface area contributed by atoms with E-state index in [9.17, 15) is 13.2 Å². The van der Waals surface area contributed by atoms with E-state index in [0.29, 0.717) is 32.0 Å². The van der Waals surface area contributed by atoms with E-state index in [2.05, 4.69) is 5.10 Å². The minimum absolute atomic E-state index is 0.00760. The molecule has 1 aromatic heterocycles. The molecule has 3 fully saturated rings. The highest BCUT2D eigenvalue weighted by atomic mass is 32.2. The summed E-state index contributed by atoms with van der Waals surface area (Å²) in [5.41, 5.74) is 0.626. The number of nitrogens with zero attached hydrogens (tertiary/aromatic N) is 4. The standard InChI is InChI=1S/C19H30N4O4S/c1-14-18(8-20-21(14)2)28(25,26)22-9-15-10-23(17(11-22)13-27-12-15)19(24)16-6-4-3-5-7-16/h8,15-17H,3-7,9-13H2,1-2H3/t15-,17-/m0/s1. The van der Waals surface area contributed by atoms with Gasteiger partial charge >= 0.3 is 0 Å². The Morgan fingerprint density at radius 1 is 1.14 bits per heavy atom. The van der Waals surface area contributed by atoms with Gasteiger partial charge < -0.3 is 9.64 Å². The summed E-state index contributed by atoms with van der Waals surface area (Å²) in [6.07, 6.45) is 6.74. The zero-order valence-corrected chi connectivity index (χ0v) is 17.5. The molecule has 3 aliphatic rings. The summed E-state index contributed by atoms with van der Waals surface area (Å²) in [5, 5.41) is 4.10. The summed E-state index contributed by atoms with van der Waals surface area (Å²) >= 11 is 0. The maximum absolute atomic E-state index is 13.3. The van der Waals surface area contributed by atoms with E-state index in [1.54, 1.807) is 23.0 Å². The molecule has 2 aliphatic heterocycles. The molecule has 0 radical (unpaired) electrons. The topological polar surface area (TPSA) is 84.7 Å². The van der Waals surface area contributed by atoms with Gasteiger partial charge in [-0.2, -0.15) is 9.40 Å². The van der Waals surface area contributed by atoms with Crippen LogP contribution in [0, 0.1) is 18.8 Å². The number of ether oxygens (including phenoxy) is 1. The molecule has 0 spiro atoms. The number of carbonyl (C=O) groups is 1. The van der Waals surface area contributed by atoms with Crippen LogP contribution in [0.3, 0.4) is 0 Å². The van der Waals surface area contributed by atoms with Crippen molar-refractivity contribution in [1.29, 1.82) is 0 Å². The Bertz CT molecular complexity index is 831. The second kappa shape index (κ2) is 7.76. The molecule has 0 unspecified atom stereocenters. The molecule has 156 valence electrons. The van der Waals surface area contributed by atoms with Crippen molar-refractivity contribution in [2.24, 2.45) is 18.9 Å². The Balaban J connectivity index is 1.59. The van der Waals surface area contributed by atoms with Gasteiger partial charge in [0.25, 0.3) is 0 Å². The van der Waals surface area contributed by atoms with E-state index in [1.165, 1.54) is 12.6 Å². The second-order valence-electron chi connectivity index (χ2n) is 8.42. The van der Waals surface area contributed by atoms with Crippen LogP contribution in [0.25, 0.3) is 0 Å². The number of aryl methyl sites for hydroxylation is 1. The van der Waals surface area contributed by atoms with E-state index in [-0.39, 0.29) is 35.2 Å². The van der Waals surface area contributed by atoms with Gasteiger partial charge in [-0.25, -0.2) is 8.42 Å². The van der Waals surface area contributed by atoms with Crippen LogP contribution in [0.2, 0.25) is 0 Å². The Hall–Kier alpha value is -1.45. The molecule has 2 saturated heterocycles. The Morgan fingerprint density at radius 3 is 2.57 bits per heavy atom. The molecule has 8 nitrogen and oxygen atoms in total. The third kappa shape index (κ3) is 3.59. The maximum atomic E-state index is 13.3. The van der Waals surface area contributed by atoms with Crippen molar-refractivity contribution in [3.8, 4) is 0 Å². The lowest BCUT2D eigenvalue weighted by atomic mass is 9.88. The Morgan fingerprint density at radius 2 is 1.89 bits per heavy atom. The zero-order valence-electron chi connectivity index (χ0n) is 16.7. The molecule has 1 saturated carbocycles. The van der Waals surface area contributed by atoms with Gasteiger partial charge in [0, 0.05) is 38.5 Å². The first-order chi connectivity index (χ1) is 13.4. The molecule has 2 bridgehead atoms. The molecule has 1 aromatic rings.